The van der Waals surface area contributed by atoms with Gasteiger partial charge in [0, 0.05) is 18.9 Å². The Morgan fingerprint density at radius 2 is 2.08 bits per heavy atom. The average Bonchev–Trinajstić information content (AvgIpc) is 2.16. The molecule has 1 aromatic heterocycles. The summed E-state index contributed by atoms with van der Waals surface area (Å²) < 4.78 is 0. The highest BCUT2D eigenvalue weighted by molar-refractivity contribution is 5.21. The summed E-state index contributed by atoms with van der Waals surface area (Å²) >= 11 is 0. The van der Waals surface area contributed by atoms with Crippen molar-refractivity contribution >= 4 is 5.95 Å². The van der Waals surface area contributed by atoms with Crippen LogP contribution in [0, 0.1) is 5.92 Å². The third kappa shape index (κ3) is 2.86. The second-order valence-corrected chi connectivity index (χ2v) is 2.97. The van der Waals surface area contributed by atoms with Gasteiger partial charge in [0.15, 0.2) is 0 Å². The maximum atomic E-state index is 4.06. The van der Waals surface area contributed by atoms with Crippen LogP contribution in [-0.2, 0) is 0 Å². The normalized spacial score (nSPS) is 12.5. The Morgan fingerprint density at radius 3 is 2.67 bits per heavy atom. The molecule has 0 radical (unpaired) electrons. The SMILES string of the molecule is CCC(C)CNc1ncccn1. The predicted octanol–water partition coefficient (Wildman–Crippen LogP) is 1.93. The minimum atomic E-state index is 0.675. The number of anilines is 1. The summed E-state index contributed by atoms with van der Waals surface area (Å²) in [4.78, 5) is 8.13. The summed E-state index contributed by atoms with van der Waals surface area (Å²) in [5.74, 6) is 1.40. The van der Waals surface area contributed by atoms with Crippen molar-refractivity contribution in [2.24, 2.45) is 5.92 Å². The van der Waals surface area contributed by atoms with Crippen LogP contribution in [0.1, 0.15) is 20.3 Å². The number of hydrogen-bond acceptors (Lipinski definition) is 3. The van der Waals surface area contributed by atoms with Gasteiger partial charge < -0.3 is 5.32 Å². The monoisotopic (exact) mass is 165 g/mol. The van der Waals surface area contributed by atoms with Crippen LogP contribution in [0.5, 0.6) is 0 Å². The number of nitrogens with zero attached hydrogens (tertiary/aromatic N) is 2. The number of rotatable bonds is 4. The van der Waals surface area contributed by atoms with E-state index in [9.17, 15) is 0 Å². The van der Waals surface area contributed by atoms with Gasteiger partial charge in [-0.25, -0.2) is 9.97 Å². The van der Waals surface area contributed by atoms with Crippen molar-refractivity contribution in [1.29, 1.82) is 0 Å². The van der Waals surface area contributed by atoms with Crippen molar-refractivity contribution in [3.8, 4) is 0 Å². The second kappa shape index (κ2) is 4.70. The standard InChI is InChI=1S/C9H15N3/c1-3-8(2)7-12-9-10-5-4-6-11-9/h4-6,8H,3,7H2,1-2H3,(H,10,11,12). The van der Waals surface area contributed by atoms with Gasteiger partial charge in [-0.3, -0.25) is 0 Å². The zero-order valence-corrected chi connectivity index (χ0v) is 7.62. The summed E-state index contributed by atoms with van der Waals surface area (Å²) in [5, 5.41) is 3.17. The summed E-state index contributed by atoms with van der Waals surface area (Å²) in [6, 6.07) is 1.81. The Hall–Kier alpha value is -1.12. The molecule has 1 unspecified atom stereocenters. The predicted molar refractivity (Wildman–Crippen MR) is 50.0 cm³/mol. The fourth-order valence-electron chi connectivity index (χ4n) is 0.800. The van der Waals surface area contributed by atoms with Gasteiger partial charge in [0.25, 0.3) is 0 Å². The van der Waals surface area contributed by atoms with Crippen molar-refractivity contribution in [1.82, 2.24) is 9.97 Å². The van der Waals surface area contributed by atoms with E-state index < -0.39 is 0 Å². The lowest BCUT2D eigenvalue weighted by molar-refractivity contribution is 0.591. The quantitative estimate of drug-likeness (QED) is 0.740. The first kappa shape index (κ1) is 8.97. The van der Waals surface area contributed by atoms with Gasteiger partial charge in [-0.15, -0.1) is 0 Å². The maximum Gasteiger partial charge on any atom is 0.222 e. The lowest BCUT2D eigenvalue weighted by atomic mass is 10.1. The maximum absolute atomic E-state index is 4.06. The highest BCUT2D eigenvalue weighted by atomic mass is 15.1. The molecular formula is C9H15N3. The molecule has 3 nitrogen and oxygen atoms in total. The van der Waals surface area contributed by atoms with Gasteiger partial charge in [0.05, 0.1) is 0 Å². The number of nitrogens with one attached hydrogen (secondary N) is 1. The van der Waals surface area contributed by atoms with Crippen molar-refractivity contribution < 1.29 is 0 Å². The molecule has 0 aliphatic heterocycles. The highest BCUT2D eigenvalue weighted by Gasteiger charge is 1.98. The summed E-state index contributed by atoms with van der Waals surface area (Å²) in [6.07, 6.45) is 4.66. The summed E-state index contributed by atoms with van der Waals surface area (Å²) in [7, 11) is 0. The number of aromatic nitrogens is 2. The molecule has 1 N–H and O–H groups in total. The Bertz CT molecular complexity index is 210. The topological polar surface area (TPSA) is 37.8 Å². The molecule has 0 saturated heterocycles. The third-order valence-corrected chi connectivity index (χ3v) is 1.87. The van der Waals surface area contributed by atoms with Gasteiger partial charge in [-0.2, -0.15) is 0 Å². The Balaban J connectivity index is 2.33. The van der Waals surface area contributed by atoms with Gasteiger partial charge >= 0.3 is 0 Å². The zero-order valence-electron chi connectivity index (χ0n) is 7.62. The van der Waals surface area contributed by atoms with E-state index in [4.69, 9.17) is 0 Å². The number of hydrogen-bond donors (Lipinski definition) is 1. The first-order valence-corrected chi connectivity index (χ1v) is 4.33. The van der Waals surface area contributed by atoms with Crippen molar-refractivity contribution in [3.05, 3.63) is 18.5 Å². The highest BCUT2D eigenvalue weighted by Crippen LogP contribution is 2.01. The van der Waals surface area contributed by atoms with Gasteiger partial charge in [0.1, 0.15) is 0 Å². The van der Waals surface area contributed by atoms with E-state index in [0.717, 1.165) is 12.5 Å². The molecule has 1 atom stereocenters. The summed E-state index contributed by atoms with van der Waals surface area (Å²) in [6.45, 7) is 5.33. The molecule has 0 aromatic carbocycles. The molecule has 12 heavy (non-hydrogen) atoms. The average molecular weight is 165 g/mol. The molecule has 0 aliphatic rings. The van der Waals surface area contributed by atoms with Gasteiger partial charge in [-0.05, 0) is 12.0 Å². The fourth-order valence-corrected chi connectivity index (χ4v) is 0.800. The van der Waals surface area contributed by atoms with Crippen molar-refractivity contribution in [3.63, 3.8) is 0 Å². The summed E-state index contributed by atoms with van der Waals surface area (Å²) in [5.41, 5.74) is 0. The molecule has 0 amide bonds. The molecule has 3 heteroatoms. The molecule has 0 spiro atoms. The Labute approximate surface area is 73.2 Å². The second-order valence-electron chi connectivity index (χ2n) is 2.97. The van der Waals surface area contributed by atoms with Crippen LogP contribution in [0.4, 0.5) is 5.95 Å². The molecule has 0 bridgehead atoms. The van der Waals surface area contributed by atoms with E-state index in [2.05, 4.69) is 29.1 Å². The van der Waals surface area contributed by atoms with Crippen LogP contribution in [0.3, 0.4) is 0 Å². The van der Waals surface area contributed by atoms with E-state index >= 15 is 0 Å². The van der Waals surface area contributed by atoms with Crippen molar-refractivity contribution in [2.45, 2.75) is 20.3 Å². The minimum Gasteiger partial charge on any atom is -0.354 e. The molecular weight excluding hydrogens is 150 g/mol. The zero-order chi connectivity index (χ0) is 8.81. The Kier molecular flexibility index (Phi) is 3.51. The minimum absolute atomic E-state index is 0.675. The fraction of sp³-hybridized carbons (Fsp3) is 0.556. The van der Waals surface area contributed by atoms with Crippen LogP contribution in [0.15, 0.2) is 18.5 Å². The van der Waals surface area contributed by atoms with E-state index in [-0.39, 0.29) is 0 Å². The van der Waals surface area contributed by atoms with E-state index in [0.29, 0.717) is 5.92 Å². The Morgan fingerprint density at radius 1 is 1.42 bits per heavy atom. The van der Waals surface area contributed by atoms with Crippen LogP contribution in [0.2, 0.25) is 0 Å². The lowest BCUT2D eigenvalue weighted by Gasteiger charge is -2.08. The van der Waals surface area contributed by atoms with Crippen LogP contribution in [-0.4, -0.2) is 16.5 Å². The van der Waals surface area contributed by atoms with E-state index in [1.165, 1.54) is 6.42 Å². The first-order chi connectivity index (χ1) is 5.83. The van der Waals surface area contributed by atoms with Gasteiger partial charge in [0.2, 0.25) is 5.95 Å². The third-order valence-electron chi connectivity index (χ3n) is 1.87. The van der Waals surface area contributed by atoms with Crippen LogP contribution < -0.4 is 5.32 Å². The van der Waals surface area contributed by atoms with E-state index in [1.54, 1.807) is 12.4 Å². The van der Waals surface area contributed by atoms with Gasteiger partial charge in [-0.1, -0.05) is 20.3 Å². The van der Waals surface area contributed by atoms with Crippen LogP contribution >= 0.6 is 0 Å². The van der Waals surface area contributed by atoms with Crippen LogP contribution in [0.25, 0.3) is 0 Å². The molecule has 0 aliphatic carbocycles. The van der Waals surface area contributed by atoms with E-state index in [1.807, 2.05) is 6.07 Å². The molecule has 1 heterocycles. The first-order valence-electron chi connectivity index (χ1n) is 4.33. The van der Waals surface area contributed by atoms with Crippen molar-refractivity contribution in [2.75, 3.05) is 11.9 Å². The lowest BCUT2D eigenvalue weighted by Crippen LogP contribution is -2.11. The molecule has 0 saturated carbocycles. The molecule has 0 fully saturated rings. The smallest absolute Gasteiger partial charge is 0.222 e. The largest absolute Gasteiger partial charge is 0.354 e. The molecule has 1 aromatic rings. The molecule has 1 rings (SSSR count). The molecule has 66 valence electrons.